The number of fused-ring (bicyclic) bond motifs is 1. The van der Waals surface area contributed by atoms with Crippen molar-refractivity contribution < 1.29 is 4.74 Å². The second-order valence-electron chi connectivity index (χ2n) is 4.88. The minimum Gasteiger partial charge on any atom is -0.379 e. The Labute approximate surface area is 90.8 Å². The monoisotopic (exact) mass is 214 g/mol. The van der Waals surface area contributed by atoms with E-state index < -0.39 is 0 Å². The highest BCUT2D eigenvalue weighted by molar-refractivity contribution is 7.80. The van der Waals surface area contributed by atoms with Gasteiger partial charge in [0, 0.05) is 19.5 Å². The molecule has 0 aromatic heterocycles. The smallest absolute Gasteiger partial charge is 0.169 e. The van der Waals surface area contributed by atoms with Gasteiger partial charge in [-0.15, -0.1) is 0 Å². The van der Waals surface area contributed by atoms with E-state index in [0.29, 0.717) is 17.4 Å². The maximum absolute atomic E-state index is 5.54. The Bertz CT molecular complexity index is 255. The fraction of sp³-hybridized carbons (Fsp3) is 0.900. The summed E-state index contributed by atoms with van der Waals surface area (Å²) in [5.41, 5.74) is 0.322. The van der Waals surface area contributed by atoms with Crippen LogP contribution in [0.25, 0.3) is 0 Å². The topological polar surface area (TPSA) is 24.5 Å². The van der Waals surface area contributed by atoms with Gasteiger partial charge in [-0.3, -0.25) is 0 Å². The first-order valence-electron chi connectivity index (χ1n) is 5.12. The maximum Gasteiger partial charge on any atom is 0.169 e. The van der Waals surface area contributed by atoms with Crippen LogP contribution in [0.15, 0.2) is 0 Å². The lowest BCUT2D eigenvalue weighted by Gasteiger charge is -2.25. The van der Waals surface area contributed by atoms with E-state index in [0.717, 1.165) is 24.9 Å². The van der Waals surface area contributed by atoms with Crippen LogP contribution in [0.2, 0.25) is 0 Å². The van der Waals surface area contributed by atoms with Crippen molar-refractivity contribution in [2.24, 2.45) is 11.3 Å². The standard InChI is InChI=1S/C10H18N2OS/c1-10(2)6-12(9(14)11-3)8-5-13-4-7(8)10/h7-8H,4-6H2,1-3H3,(H,11,14). The van der Waals surface area contributed by atoms with E-state index in [1.165, 1.54) is 0 Å². The molecule has 3 nitrogen and oxygen atoms in total. The van der Waals surface area contributed by atoms with Gasteiger partial charge in [0.05, 0.1) is 19.3 Å². The Morgan fingerprint density at radius 3 is 2.86 bits per heavy atom. The fourth-order valence-corrected chi connectivity index (χ4v) is 2.84. The third-order valence-corrected chi connectivity index (χ3v) is 3.95. The molecule has 2 aliphatic rings. The van der Waals surface area contributed by atoms with Gasteiger partial charge in [0.25, 0.3) is 0 Å². The molecule has 0 spiro atoms. The molecule has 0 saturated carbocycles. The first-order valence-corrected chi connectivity index (χ1v) is 5.53. The molecule has 2 fully saturated rings. The third-order valence-electron chi connectivity index (χ3n) is 3.51. The molecule has 4 heteroatoms. The molecule has 2 atom stereocenters. The summed E-state index contributed by atoms with van der Waals surface area (Å²) in [6.45, 7) is 7.37. The van der Waals surface area contributed by atoms with E-state index in [4.69, 9.17) is 17.0 Å². The molecule has 0 amide bonds. The lowest BCUT2D eigenvalue weighted by molar-refractivity contribution is 0.136. The van der Waals surface area contributed by atoms with E-state index in [-0.39, 0.29) is 0 Å². The number of hydrogen-bond donors (Lipinski definition) is 1. The molecule has 0 bridgehead atoms. The zero-order valence-corrected chi connectivity index (χ0v) is 9.86. The van der Waals surface area contributed by atoms with Crippen molar-refractivity contribution in [2.75, 3.05) is 26.8 Å². The van der Waals surface area contributed by atoms with Gasteiger partial charge < -0.3 is 15.0 Å². The highest BCUT2D eigenvalue weighted by Crippen LogP contribution is 2.42. The Hall–Kier alpha value is -0.350. The van der Waals surface area contributed by atoms with Gasteiger partial charge in [-0.05, 0) is 17.6 Å². The van der Waals surface area contributed by atoms with Crippen molar-refractivity contribution in [1.29, 1.82) is 0 Å². The van der Waals surface area contributed by atoms with E-state index in [9.17, 15) is 0 Å². The lowest BCUT2D eigenvalue weighted by atomic mass is 9.80. The van der Waals surface area contributed by atoms with Gasteiger partial charge in [0.15, 0.2) is 5.11 Å². The van der Waals surface area contributed by atoms with Crippen LogP contribution in [0.1, 0.15) is 13.8 Å². The third kappa shape index (κ3) is 1.41. The van der Waals surface area contributed by atoms with Crippen LogP contribution in [0.3, 0.4) is 0 Å². The summed E-state index contributed by atoms with van der Waals surface area (Å²) in [7, 11) is 1.89. The maximum atomic E-state index is 5.54. The number of rotatable bonds is 0. The Balaban J connectivity index is 2.18. The lowest BCUT2D eigenvalue weighted by Crippen LogP contribution is -2.43. The number of nitrogens with zero attached hydrogens (tertiary/aromatic N) is 1. The molecule has 2 saturated heterocycles. The Morgan fingerprint density at radius 2 is 2.21 bits per heavy atom. The molecule has 2 unspecified atom stereocenters. The van der Waals surface area contributed by atoms with Gasteiger partial charge in [-0.25, -0.2) is 0 Å². The van der Waals surface area contributed by atoms with Crippen molar-refractivity contribution in [3.63, 3.8) is 0 Å². The summed E-state index contributed by atoms with van der Waals surface area (Å²) in [4.78, 5) is 2.28. The quantitative estimate of drug-likeness (QED) is 0.604. The second-order valence-corrected chi connectivity index (χ2v) is 5.27. The van der Waals surface area contributed by atoms with Crippen LogP contribution in [-0.2, 0) is 4.74 Å². The average Bonchev–Trinajstić information content (AvgIpc) is 2.68. The van der Waals surface area contributed by atoms with Crippen LogP contribution in [-0.4, -0.2) is 42.9 Å². The molecule has 0 radical (unpaired) electrons. The van der Waals surface area contributed by atoms with Crippen LogP contribution >= 0.6 is 12.2 Å². The molecule has 2 rings (SSSR count). The predicted molar refractivity (Wildman–Crippen MR) is 60.2 cm³/mol. The molecule has 14 heavy (non-hydrogen) atoms. The number of hydrogen-bond acceptors (Lipinski definition) is 2. The minimum absolute atomic E-state index is 0.322. The van der Waals surface area contributed by atoms with Gasteiger partial charge in [0.1, 0.15) is 0 Å². The second kappa shape index (κ2) is 3.35. The van der Waals surface area contributed by atoms with Crippen molar-refractivity contribution in [1.82, 2.24) is 10.2 Å². The minimum atomic E-state index is 0.322. The van der Waals surface area contributed by atoms with Crippen molar-refractivity contribution >= 4 is 17.3 Å². The van der Waals surface area contributed by atoms with E-state index in [1.807, 2.05) is 7.05 Å². The highest BCUT2D eigenvalue weighted by atomic mass is 32.1. The normalized spacial score (nSPS) is 34.4. The highest BCUT2D eigenvalue weighted by Gasteiger charge is 2.50. The largest absolute Gasteiger partial charge is 0.379 e. The molecular weight excluding hydrogens is 196 g/mol. The SMILES string of the molecule is CNC(=S)N1CC(C)(C)C2COCC21. The van der Waals surface area contributed by atoms with Crippen molar-refractivity contribution in [2.45, 2.75) is 19.9 Å². The zero-order chi connectivity index (χ0) is 10.3. The molecular formula is C10H18N2OS. The number of thiocarbonyl (C=S) groups is 1. The van der Waals surface area contributed by atoms with Crippen LogP contribution < -0.4 is 5.32 Å². The molecule has 0 aliphatic carbocycles. The van der Waals surface area contributed by atoms with Gasteiger partial charge in [-0.1, -0.05) is 13.8 Å². The zero-order valence-electron chi connectivity index (χ0n) is 9.04. The van der Waals surface area contributed by atoms with Crippen LogP contribution in [0.5, 0.6) is 0 Å². The Kier molecular flexibility index (Phi) is 2.43. The molecule has 0 aromatic rings. The van der Waals surface area contributed by atoms with Crippen LogP contribution in [0.4, 0.5) is 0 Å². The summed E-state index contributed by atoms with van der Waals surface area (Å²) in [6, 6.07) is 0.491. The average molecular weight is 214 g/mol. The summed E-state index contributed by atoms with van der Waals surface area (Å²) in [5, 5.41) is 3.92. The summed E-state index contributed by atoms with van der Waals surface area (Å²) in [5.74, 6) is 0.633. The molecule has 2 aliphatic heterocycles. The van der Waals surface area contributed by atoms with E-state index in [1.54, 1.807) is 0 Å². The van der Waals surface area contributed by atoms with Gasteiger partial charge >= 0.3 is 0 Å². The predicted octanol–water partition coefficient (Wildman–Crippen LogP) is 0.847. The number of likely N-dealkylation sites (tertiary alicyclic amines) is 1. The first kappa shape index (κ1) is 10.2. The summed E-state index contributed by atoms with van der Waals surface area (Å²) < 4.78 is 5.54. The van der Waals surface area contributed by atoms with E-state index >= 15 is 0 Å². The van der Waals surface area contributed by atoms with Gasteiger partial charge in [-0.2, -0.15) is 0 Å². The summed E-state index contributed by atoms with van der Waals surface area (Å²) in [6.07, 6.45) is 0. The first-order chi connectivity index (χ1) is 6.56. The molecule has 1 N–H and O–H groups in total. The number of ether oxygens (including phenoxy) is 1. The molecule has 0 aromatic carbocycles. The van der Waals surface area contributed by atoms with Crippen molar-refractivity contribution in [3.8, 4) is 0 Å². The summed E-state index contributed by atoms with van der Waals surface area (Å²) >= 11 is 5.30. The van der Waals surface area contributed by atoms with Crippen molar-refractivity contribution in [3.05, 3.63) is 0 Å². The molecule has 2 heterocycles. The molecule has 80 valence electrons. The van der Waals surface area contributed by atoms with Crippen LogP contribution in [0, 0.1) is 11.3 Å². The number of nitrogens with one attached hydrogen (secondary N) is 1. The Morgan fingerprint density at radius 1 is 1.50 bits per heavy atom. The fourth-order valence-electron chi connectivity index (χ4n) is 2.64. The van der Waals surface area contributed by atoms with E-state index in [2.05, 4.69) is 24.1 Å². The van der Waals surface area contributed by atoms with Gasteiger partial charge in [0.2, 0.25) is 0 Å².